The fraction of sp³-hybridized carbons (Fsp3) is 0.500. The van der Waals surface area contributed by atoms with E-state index in [-0.39, 0.29) is 29.9 Å². The van der Waals surface area contributed by atoms with Crippen LogP contribution >= 0.6 is 12.4 Å². The number of carbonyl (C=O) groups excluding carboxylic acids is 1. The quantitative estimate of drug-likeness (QED) is 0.755. The Morgan fingerprint density at radius 1 is 1.31 bits per heavy atom. The van der Waals surface area contributed by atoms with Crippen molar-refractivity contribution in [3.05, 3.63) is 35.2 Å². The Morgan fingerprint density at radius 3 is 2.62 bits per heavy atom. The number of aromatic nitrogens is 3. The minimum Gasteiger partial charge on any atom is -0.484 e. The maximum Gasteiger partial charge on any atom is 0.422 e. The molecule has 1 fully saturated rings. The summed E-state index contributed by atoms with van der Waals surface area (Å²) in [4.78, 5) is 12.6. The molecule has 160 valence electrons. The largest absolute Gasteiger partial charge is 0.484 e. The smallest absolute Gasteiger partial charge is 0.422 e. The summed E-state index contributed by atoms with van der Waals surface area (Å²) in [5, 5.41) is 14.1. The number of hydrogen-bond acceptors (Lipinski definition) is 5. The number of rotatable bonds is 5. The van der Waals surface area contributed by atoms with Gasteiger partial charge in [-0.25, -0.2) is 4.68 Å². The van der Waals surface area contributed by atoms with Gasteiger partial charge in [-0.2, -0.15) is 13.2 Å². The summed E-state index contributed by atoms with van der Waals surface area (Å²) in [6, 6.07) is 4.65. The van der Waals surface area contributed by atoms with E-state index in [0.717, 1.165) is 25.9 Å². The van der Waals surface area contributed by atoms with Crippen molar-refractivity contribution in [2.24, 2.45) is 0 Å². The van der Waals surface area contributed by atoms with Gasteiger partial charge >= 0.3 is 6.18 Å². The van der Waals surface area contributed by atoms with E-state index in [1.807, 2.05) is 0 Å². The molecule has 11 heteroatoms. The molecule has 2 aromatic rings. The van der Waals surface area contributed by atoms with Crippen LogP contribution in [0, 0.1) is 13.8 Å². The SMILES string of the molecule is Cc1cc(NC(=O)c2nnn(C3CCNCC3)c2C)ccc1OCC(F)(F)F.Cl. The maximum atomic E-state index is 12.6. The van der Waals surface area contributed by atoms with Crippen LogP contribution in [0.1, 0.15) is 40.6 Å². The van der Waals surface area contributed by atoms with Crippen molar-refractivity contribution < 1.29 is 22.7 Å². The Balaban J connectivity index is 0.00000300. The van der Waals surface area contributed by atoms with Gasteiger partial charge in [0, 0.05) is 5.69 Å². The van der Waals surface area contributed by atoms with E-state index < -0.39 is 18.7 Å². The molecule has 1 saturated heterocycles. The number of carbonyl (C=O) groups is 1. The van der Waals surface area contributed by atoms with Crippen LogP contribution < -0.4 is 15.4 Å². The van der Waals surface area contributed by atoms with Gasteiger partial charge in [0.05, 0.1) is 11.7 Å². The van der Waals surface area contributed by atoms with Gasteiger partial charge in [0.15, 0.2) is 12.3 Å². The number of piperidine rings is 1. The highest BCUT2D eigenvalue weighted by Crippen LogP contribution is 2.25. The first kappa shape index (κ1) is 23.0. The highest BCUT2D eigenvalue weighted by molar-refractivity contribution is 6.03. The van der Waals surface area contributed by atoms with Gasteiger partial charge in [0.2, 0.25) is 0 Å². The van der Waals surface area contributed by atoms with Crippen molar-refractivity contribution in [2.45, 2.75) is 38.9 Å². The predicted octanol–water partition coefficient (Wildman–Crippen LogP) is 3.43. The fourth-order valence-corrected chi connectivity index (χ4v) is 3.19. The van der Waals surface area contributed by atoms with Crippen molar-refractivity contribution in [2.75, 3.05) is 25.0 Å². The number of benzene rings is 1. The van der Waals surface area contributed by atoms with Gasteiger partial charge in [-0.15, -0.1) is 17.5 Å². The molecule has 0 radical (unpaired) electrons. The van der Waals surface area contributed by atoms with E-state index in [9.17, 15) is 18.0 Å². The van der Waals surface area contributed by atoms with Gasteiger partial charge in [-0.05, 0) is 63.5 Å². The van der Waals surface area contributed by atoms with Crippen LogP contribution in [0.25, 0.3) is 0 Å². The van der Waals surface area contributed by atoms with Crippen molar-refractivity contribution in [1.82, 2.24) is 20.3 Å². The number of aryl methyl sites for hydroxylation is 1. The van der Waals surface area contributed by atoms with Crippen molar-refractivity contribution >= 4 is 24.0 Å². The second-order valence-electron chi connectivity index (χ2n) is 6.79. The lowest BCUT2D eigenvalue weighted by Crippen LogP contribution is -2.30. The third kappa shape index (κ3) is 5.83. The summed E-state index contributed by atoms with van der Waals surface area (Å²) in [5.74, 6) is -0.301. The number of anilines is 1. The van der Waals surface area contributed by atoms with Crippen LogP contribution in [0.4, 0.5) is 18.9 Å². The Hall–Kier alpha value is -2.33. The number of ether oxygens (including phenoxy) is 1. The molecule has 1 amide bonds. The Kier molecular flexibility index (Phi) is 7.48. The maximum absolute atomic E-state index is 12.6. The Labute approximate surface area is 172 Å². The molecular weight excluding hydrogens is 411 g/mol. The highest BCUT2D eigenvalue weighted by atomic mass is 35.5. The van der Waals surface area contributed by atoms with Crippen LogP contribution in [0.2, 0.25) is 0 Å². The number of alkyl halides is 3. The van der Waals surface area contributed by atoms with E-state index in [0.29, 0.717) is 16.9 Å². The van der Waals surface area contributed by atoms with E-state index in [1.54, 1.807) is 24.6 Å². The molecule has 1 aromatic carbocycles. The molecule has 1 aromatic heterocycles. The van der Waals surface area contributed by atoms with Crippen molar-refractivity contribution in [3.8, 4) is 5.75 Å². The van der Waals surface area contributed by atoms with Gasteiger partial charge in [0.25, 0.3) is 5.91 Å². The number of hydrogen-bond donors (Lipinski definition) is 2. The zero-order valence-electron chi connectivity index (χ0n) is 16.0. The summed E-state index contributed by atoms with van der Waals surface area (Å²) in [6.07, 6.45) is -2.56. The molecule has 0 atom stereocenters. The van der Waals surface area contributed by atoms with Crippen LogP contribution in [0.5, 0.6) is 5.75 Å². The fourth-order valence-electron chi connectivity index (χ4n) is 3.19. The van der Waals surface area contributed by atoms with E-state index in [4.69, 9.17) is 4.74 Å². The number of nitrogens with one attached hydrogen (secondary N) is 2. The van der Waals surface area contributed by atoms with Gasteiger partial charge in [-0.3, -0.25) is 4.79 Å². The third-order valence-corrected chi connectivity index (χ3v) is 4.62. The first-order chi connectivity index (χ1) is 13.2. The molecular formula is C18H23ClF3N5O2. The molecule has 2 N–H and O–H groups in total. The zero-order chi connectivity index (χ0) is 20.3. The molecule has 29 heavy (non-hydrogen) atoms. The summed E-state index contributed by atoms with van der Waals surface area (Å²) >= 11 is 0. The lowest BCUT2D eigenvalue weighted by Gasteiger charge is -2.23. The topological polar surface area (TPSA) is 81.1 Å². The van der Waals surface area contributed by atoms with Gasteiger partial charge in [0.1, 0.15) is 5.75 Å². The summed E-state index contributed by atoms with van der Waals surface area (Å²) < 4.78 is 43.4. The number of amides is 1. The first-order valence-corrected chi connectivity index (χ1v) is 8.98. The second-order valence-corrected chi connectivity index (χ2v) is 6.79. The molecule has 0 saturated carbocycles. The van der Waals surface area contributed by atoms with E-state index in [2.05, 4.69) is 20.9 Å². The minimum absolute atomic E-state index is 0. The third-order valence-electron chi connectivity index (χ3n) is 4.62. The van der Waals surface area contributed by atoms with Crippen LogP contribution in [0.3, 0.4) is 0 Å². The highest BCUT2D eigenvalue weighted by Gasteiger charge is 2.28. The number of halogens is 4. The lowest BCUT2D eigenvalue weighted by atomic mass is 10.1. The zero-order valence-corrected chi connectivity index (χ0v) is 16.9. The van der Waals surface area contributed by atoms with Gasteiger partial charge in [-0.1, -0.05) is 5.21 Å². The average Bonchev–Trinajstić information content (AvgIpc) is 3.02. The van der Waals surface area contributed by atoms with E-state index >= 15 is 0 Å². The molecule has 1 aliphatic rings. The van der Waals surface area contributed by atoms with Crippen LogP contribution in [-0.4, -0.2) is 46.8 Å². The summed E-state index contributed by atoms with van der Waals surface area (Å²) in [5.41, 5.74) is 1.84. The Morgan fingerprint density at radius 2 is 2.00 bits per heavy atom. The minimum atomic E-state index is -4.41. The number of nitrogens with zero attached hydrogens (tertiary/aromatic N) is 3. The first-order valence-electron chi connectivity index (χ1n) is 8.98. The molecule has 2 heterocycles. The molecule has 1 aliphatic heterocycles. The normalized spacial score (nSPS) is 14.9. The van der Waals surface area contributed by atoms with Crippen molar-refractivity contribution in [1.29, 1.82) is 0 Å². The molecule has 0 spiro atoms. The van der Waals surface area contributed by atoms with Crippen LogP contribution in [0.15, 0.2) is 18.2 Å². The predicted molar refractivity (Wildman–Crippen MR) is 104 cm³/mol. The molecule has 7 nitrogen and oxygen atoms in total. The monoisotopic (exact) mass is 433 g/mol. The average molecular weight is 434 g/mol. The summed E-state index contributed by atoms with van der Waals surface area (Å²) in [6.45, 7) is 3.84. The van der Waals surface area contributed by atoms with Crippen LogP contribution in [-0.2, 0) is 0 Å². The lowest BCUT2D eigenvalue weighted by molar-refractivity contribution is -0.153. The standard InChI is InChI=1S/C18H22F3N5O2.ClH/c1-11-9-13(3-4-15(11)28-10-18(19,20)21)23-17(27)16-12(2)26(25-24-16)14-5-7-22-8-6-14;/h3-4,9,14,22H,5-8,10H2,1-2H3,(H,23,27);1H. The summed E-state index contributed by atoms with van der Waals surface area (Å²) in [7, 11) is 0. The molecule has 0 unspecified atom stereocenters. The van der Waals surface area contributed by atoms with E-state index in [1.165, 1.54) is 12.1 Å². The van der Waals surface area contributed by atoms with Gasteiger partial charge < -0.3 is 15.4 Å². The van der Waals surface area contributed by atoms with Crippen molar-refractivity contribution in [3.63, 3.8) is 0 Å². The molecule has 0 bridgehead atoms. The molecule has 0 aliphatic carbocycles. The Bertz CT molecular complexity index is 851. The second kappa shape index (κ2) is 9.45. The molecule has 3 rings (SSSR count).